The molecule has 1 aliphatic heterocycles. The lowest BCUT2D eigenvalue weighted by Crippen LogP contribution is -2.40. The summed E-state index contributed by atoms with van der Waals surface area (Å²) in [6.45, 7) is 8.54. The third kappa shape index (κ3) is 3.71. The Morgan fingerprint density at radius 3 is 2.67 bits per heavy atom. The number of amides is 1. The Bertz CT molecular complexity index is 391. The van der Waals surface area contributed by atoms with E-state index in [0.29, 0.717) is 6.04 Å². The molecular formula is C17H30N2O2. The zero-order valence-corrected chi connectivity index (χ0v) is 13.7. The van der Waals surface area contributed by atoms with Gasteiger partial charge in [-0.2, -0.15) is 0 Å². The number of ether oxygens (including phenoxy) is 1. The first-order valence-electron chi connectivity index (χ1n) is 8.62. The fourth-order valence-electron chi connectivity index (χ4n) is 4.36. The van der Waals surface area contributed by atoms with Gasteiger partial charge in [0, 0.05) is 19.1 Å². The summed E-state index contributed by atoms with van der Waals surface area (Å²) in [5, 5.41) is 3.71. The fraction of sp³-hybridized carbons (Fsp3) is 0.941. The van der Waals surface area contributed by atoms with Crippen LogP contribution < -0.4 is 5.32 Å². The third-order valence-corrected chi connectivity index (χ3v) is 5.39. The van der Waals surface area contributed by atoms with E-state index in [1.165, 1.54) is 25.7 Å². The van der Waals surface area contributed by atoms with Crippen LogP contribution in [0, 0.1) is 17.8 Å². The minimum Gasteiger partial charge on any atom is -0.444 e. The number of fused-ring (bicyclic) bond motifs is 2. The Morgan fingerprint density at radius 2 is 2.05 bits per heavy atom. The molecule has 0 radical (unpaired) electrons. The van der Waals surface area contributed by atoms with Crippen LogP contribution >= 0.6 is 0 Å². The van der Waals surface area contributed by atoms with E-state index in [2.05, 4.69) is 5.32 Å². The van der Waals surface area contributed by atoms with Crippen LogP contribution in [0.25, 0.3) is 0 Å². The molecule has 4 atom stereocenters. The second kappa shape index (κ2) is 5.79. The molecule has 4 heteroatoms. The number of nitrogens with one attached hydrogen (secondary N) is 1. The van der Waals surface area contributed by atoms with E-state index < -0.39 is 5.60 Å². The van der Waals surface area contributed by atoms with E-state index in [4.69, 9.17) is 4.74 Å². The average Bonchev–Trinajstić information content (AvgIpc) is 3.10. The van der Waals surface area contributed by atoms with E-state index in [0.717, 1.165) is 43.8 Å². The zero-order chi connectivity index (χ0) is 15.0. The van der Waals surface area contributed by atoms with E-state index in [1.807, 2.05) is 25.7 Å². The second-order valence-corrected chi connectivity index (χ2v) is 8.26. The highest BCUT2D eigenvalue weighted by Gasteiger charge is 2.39. The van der Waals surface area contributed by atoms with Gasteiger partial charge in [-0.3, -0.25) is 0 Å². The van der Waals surface area contributed by atoms with Crippen molar-refractivity contribution >= 4 is 6.09 Å². The monoisotopic (exact) mass is 294 g/mol. The van der Waals surface area contributed by atoms with Gasteiger partial charge in [0.2, 0.25) is 0 Å². The van der Waals surface area contributed by atoms with Crippen LogP contribution in [0.2, 0.25) is 0 Å². The smallest absolute Gasteiger partial charge is 0.410 e. The van der Waals surface area contributed by atoms with Crippen molar-refractivity contribution in [1.29, 1.82) is 0 Å². The van der Waals surface area contributed by atoms with E-state index in [1.54, 1.807) is 0 Å². The number of carbonyl (C=O) groups is 1. The topological polar surface area (TPSA) is 41.6 Å². The van der Waals surface area contributed by atoms with Gasteiger partial charge in [0.25, 0.3) is 0 Å². The molecule has 2 aliphatic carbocycles. The second-order valence-electron chi connectivity index (χ2n) is 8.26. The Balaban J connectivity index is 1.40. The molecule has 3 aliphatic rings. The van der Waals surface area contributed by atoms with Crippen molar-refractivity contribution in [2.24, 2.45) is 17.8 Å². The van der Waals surface area contributed by atoms with Gasteiger partial charge in [0.15, 0.2) is 0 Å². The van der Waals surface area contributed by atoms with Crippen molar-refractivity contribution in [2.45, 2.75) is 64.5 Å². The summed E-state index contributed by atoms with van der Waals surface area (Å²) in [6, 6.07) is 0.455. The fourth-order valence-corrected chi connectivity index (χ4v) is 4.36. The zero-order valence-electron chi connectivity index (χ0n) is 13.7. The minimum atomic E-state index is -0.397. The van der Waals surface area contributed by atoms with Crippen molar-refractivity contribution < 1.29 is 9.53 Å². The van der Waals surface area contributed by atoms with Crippen molar-refractivity contribution in [3.05, 3.63) is 0 Å². The highest BCUT2D eigenvalue weighted by molar-refractivity contribution is 5.68. The largest absolute Gasteiger partial charge is 0.444 e. The number of likely N-dealkylation sites (tertiary alicyclic amines) is 1. The molecule has 0 aromatic carbocycles. The SMILES string of the molecule is CC(C)(C)OC(=O)N1CCC(NCC2CC3CCC2C3)C1. The molecule has 0 aromatic heterocycles. The molecule has 21 heavy (non-hydrogen) atoms. The van der Waals surface area contributed by atoms with Gasteiger partial charge >= 0.3 is 6.09 Å². The van der Waals surface area contributed by atoms with Crippen molar-refractivity contribution in [3.63, 3.8) is 0 Å². The molecule has 4 unspecified atom stereocenters. The quantitative estimate of drug-likeness (QED) is 0.870. The lowest BCUT2D eigenvalue weighted by Gasteiger charge is -2.25. The van der Waals surface area contributed by atoms with Crippen molar-refractivity contribution in [2.75, 3.05) is 19.6 Å². The van der Waals surface area contributed by atoms with Crippen LogP contribution in [-0.4, -0.2) is 42.3 Å². The predicted molar refractivity (Wildman–Crippen MR) is 83.2 cm³/mol. The van der Waals surface area contributed by atoms with Crippen LogP contribution in [0.1, 0.15) is 52.9 Å². The molecular weight excluding hydrogens is 264 g/mol. The predicted octanol–water partition coefficient (Wildman–Crippen LogP) is 3.02. The first-order chi connectivity index (χ1) is 9.90. The van der Waals surface area contributed by atoms with Gasteiger partial charge in [0.05, 0.1) is 0 Å². The lowest BCUT2D eigenvalue weighted by molar-refractivity contribution is 0.0290. The highest BCUT2D eigenvalue weighted by atomic mass is 16.6. The first-order valence-corrected chi connectivity index (χ1v) is 8.62. The number of rotatable bonds is 3. The standard InChI is InChI=1S/C17H30N2O2/c1-17(2,3)21-16(20)19-7-6-15(11-19)18-10-14-9-12-4-5-13(14)8-12/h12-15,18H,4-11H2,1-3H3. The molecule has 3 fully saturated rings. The van der Waals surface area contributed by atoms with E-state index in [9.17, 15) is 4.79 Å². The summed E-state index contributed by atoms with van der Waals surface area (Å²) in [6.07, 6.45) is 6.72. The van der Waals surface area contributed by atoms with Gasteiger partial charge in [-0.05, 0) is 70.8 Å². The summed E-state index contributed by atoms with van der Waals surface area (Å²) in [7, 11) is 0. The summed E-state index contributed by atoms with van der Waals surface area (Å²) < 4.78 is 5.45. The third-order valence-electron chi connectivity index (χ3n) is 5.39. The van der Waals surface area contributed by atoms with Gasteiger partial charge in [-0.25, -0.2) is 4.79 Å². The molecule has 1 saturated heterocycles. The summed E-state index contributed by atoms with van der Waals surface area (Å²) in [4.78, 5) is 13.9. The molecule has 1 N–H and O–H groups in total. The summed E-state index contributed by atoms with van der Waals surface area (Å²) in [5.41, 5.74) is -0.397. The van der Waals surface area contributed by atoms with Crippen LogP contribution in [0.5, 0.6) is 0 Å². The van der Waals surface area contributed by atoms with Gasteiger partial charge in [-0.15, -0.1) is 0 Å². The molecule has 120 valence electrons. The number of carbonyl (C=O) groups excluding carboxylic acids is 1. The van der Waals surface area contributed by atoms with Crippen LogP contribution in [0.3, 0.4) is 0 Å². The molecule has 2 saturated carbocycles. The van der Waals surface area contributed by atoms with Crippen LogP contribution in [0.15, 0.2) is 0 Å². The number of hydrogen-bond donors (Lipinski definition) is 1. The number of hydrogen-bond acceptors (Lipinski definition) is 3. The highest BCUT2D eigenvalue weighted by Crippen LogP contribution is 2.48. The molecule has 1 heterocycles. The van der Waals surface area contributed by atoms with Crippen LogP contribution in [-0.2, 0) is 4.74 Å². The first kappa shape index (κ1) is 15.1. The van der Waals surface area contributed by atoms with E-state index >= 15 is 0 Å². The molecule has 0 spiro atoms. The normalized spacial score (nSPS) is 35.5. The van der Waals surface area contributed by atoms with Gasteiger partial charge in [0.1, 0.15) is 5.60 Å². The van der Waals surface area contributed by atoms with Crippen molar-refractivity contribution in [3.8, 4) is 0 Å². The molecule has 2 bridgehead atoms. The molecule has 0 aromatic rings. The molecule has 4 nitrogen and oxygen atoms in total. The van der Waals surface area contributed by atoms with Gasteiger partial charge in [-0.1, -0.05) is 6.42 Å². The van der Waals surface area contributed by atoms with Gasteiger partial charge < -0.3 is 15.0 Å². The summed E-state index contributed by atoms with van der Waals surface area (Å²) >= 11 is 0. The minimum absolute atomic E-state index is 0.160. The molecule has 3 rings (SSSR count). The maximum absolute atomic E-state index is 12.0. The lowest BCUT2D eigenvalue weighted by atomic mass is 9.88. The number of nitrogens with zero attached hydrogens (tertiary/aromatic N) is 1. The molecule has 1 amide bonds. The Morgan fingerprint density at radius 1 is 1.24 bits per heavy atom. The van der Waals surface area contributed by atoms with E-state index in [-0.39, 0.29) is 6.09 Å². The van der Waals surface area contributed by atoms with Crippen LogP contribution in [0.4, 0.5) is 4.79 Å². The van der Waals surface area contributed by atoms with Crippen molar-refractivity contribution in [1.82, 2.24) is 10.2 Å². The maximum atomic E-state index is 12.0. The maximum Gasteiger partial charge on any atom is 0.410 e. The Hall–Kier alpha value is -0.770. The Labute approximate surface area is 128 Å². The average molecular weight is 294 g/mol. The summed E-state index contributed by atoms with van der Waals surface area (Å²) in [5.74, 6) is 2.88. The Kier molecular flexibility index (Phi) is 4.17.